The number of ether oxygens (including phenoxy) is 1. The molecule has 6 heteroatoms. The van der Waals surface area contributed by atoms with Gasteiger partial charge in [0.25, 0.3) is 0 Å². The van der Waals surface area contributed by atoms with Gasteiger partial charge in [-0.2, -0.15) is 0 Å². The van der Waals surface area contributed by atoms with Crippen LogP contribution in [0.3, 0.4) is 0 Å². The maximum atomic E-state index is 15.0. The van der Waals surface area contributed by atoms with Crippen LogP contribution in [-0.4, -0.2) is 36.7 Å². The number of halogens is 2. The van der Waals surface area contributed by atoms with E-state index in [4.69, 9.17) is 4.74 Å². The Labute approximate surface area is 190 Å². The summed E-state index contributed by atoms with van der Waals surface area (Å²) in [6.07, 6.45) is 6.42. The summed E-state index contributed by atoms with van der Waals surface area (Å²) in [5.74, 6) is -1.14. The van der Waals surface area contributed by atoms with Crippen LogP contribution in [0.1, 0.15) is 65.7 Å². The quantitative estimate of drug-likeness (QED) is 0.118. The molecule has 0 fully saturated rings. The number of alkyl halides is 2. The van der Waals surface area contributed by atoms with E-state index in [1.807, 2.05) is 6.07 Å². The first-order valence-corrected chi connectivity index (χ1v) is 20.4. The molecule has 0 aliphatic carbocycles. The number of thioether (sulfide) groups is 1. The van der Waals surface area contributed by atoms with Gasteiger partial charge < -0.3 is 0 Å². The first-order valence-electron chi connectivity index (χ1n) is 11.5. The Bertz CT molecular complexity index is 576. The summed E-state index contributed by atoms with van der Waals surface area (Å²) in [6.45, 7) is 6.58. The fraction of sp³-hybridized carbons (Fsp3) is 0.708. The van der Waals surface area contributed by atoms with Crippen LogP contribution in [0, 0.1) is 5.92 Å². The van der Waals surface area contributed by atoms with Crippen molar-refractivity contribution < 1.29 is 18.3 Å². The van der Waals surface area contributed by atoms with E-state index in [2.05, 4.69) is 20.8 Å². The Hall–Kier alpha value is -0.301. The number of carbonyl (C=O) groups is 1. The Balaban J connectivity index is 3.06. The number of carbonyl (C=O) groups excluding carboxylic acids is 1. The number of hydrogen-bond donors (Lipinski definition) is 0. The number of esters is 1. The van der Waals surface area contributed by atoms with Crippen LogP contribution in [0.25, 0.3) is 0 Å². The molecule has 2 nitrogen and oxygen atoms in total. The SMILES string of the molecule is CCC[CH2][Sn]([CH2]CCC)([CH2]CCC)[CH2]C(CC(F)(F)Sc1ccccc1)C(=O)OC. The summed E-state index contributed by atoms with van der Waals surface area (Å²) in [5.41, 5.74) is 0. The molecule has 1 unspecified atom stereocenters. The average molecular weight is 549 g/mol. The van der Waals surface area contributed by atoms with Gasteiger partial charge in [0.15, 0.2) is 0 Å². The van der Waals surface area contributed by atoms with E-state index in [1.54, 1.807) is 24.3 Å². The summed E-state index contributed by atoms with van der Waals surface area (Å²) >= 11 is -2.18. The molecule has 0 aliphatic rings. The minimum absolute atomic E-state index is 0.428. The Morgan fingerprint density at radius 1 is 1.00 bits per heavy atom. The Morgan fingerprint density at radius 3 is 1.93 bits per heavy atom. The van der Waals surface area contributed by atoms with Crippen molar-refractivity contribution in [1.29, 1.82) is 0 Å². The standard InChI is InChI=1S/C12H13F2O2S.3C4H9.Sn/c1-9(11(15)16-2)8-12(13,14)17-10-6-4-3-5-7-10;3*1-3-4-2;/h3-7,9H,1,8H2,2H3;3*1,3-4H2,2H3;. The van der Waals surface area contributed by atoms with Gasteiger partial charge in [0.05, 0.1) is 0 Å². The summed E-state index contributed by atoms with van der Waals surface area (Å²) in [7, 11) is 1.33. The maximum absolute atomic E-state index is 15.0. The fourth-order valence-electron chi connectivity index (χ4n) is 4.25. The molecule has 1 atom stereocenters. The molecule has 0 saturated heterocycles. The molecule has 0 radical (unpaired) electrons. The third-order valence-electron chi connectivity index (χ3n) is 5.89. The van der Waals surface area contributed by atoms with Gasteiger partial charge in [-0.15, -0.1) is 0 Å². The fourth-order valence-corrected chi connectivity index (χ4v) is 22.4. The summed E-state index contributed by atoms with van der Waals surface area (Å²) in [6, 6.07) is 8.73. The first-order chi connectivity index (χ1) is 14.3. The van der Waals surface area contributed by atoms with Gasteiger partial charge in [-0.3, -0.25) is 0 Å². The van der Waals surface area contributed by atoms with Gasteiger partial charge in [-0.05, 0) is 0 Å². The normalized spacial score (nSPS) is 13.3. The molecule has 30 heavy (non-hydrogen) atoms. The van der Waals surface area contributed by atoms with Crippen LogP contribution in [0.15, 0.2) is 35.2 Å². The second kappa shape index (κ2) is 14.7. The number of rotatable bonds is 16. The molecule has 0 aromatic heterocycles. The molecule has 1 aromatic rings. The van der Waals surface area contributed by atoms with E-state index in [0.717, 1.165) is 38.5 Å². The molecular formula is C24H40F2O2SSn. The van der Waals surface area contributed by atoms with Crippen LogP contribution in [0.5, 0.6) is 0 Å². The third-order valence-corrected chi connectivity index (χ3v) is 22.9. The van der Waals surface area contributed by atoms with E-state index in [-0.39, 0.29) is 0 Å². The van der Waals surface area contributed by atoms with E-state index in [0.29, 0.717) is 21.1 Å². The van der Waals surface area contributed by atoms with Crippen molar-refractivity contribution in [2.45, 2.75) is 93.6 Å². The van der Waals surface area contributed by atoms with Gasteiger partial charge in [0.1, 0.15) is 0 Å². The van der Waals surface area contributed by atoms with Crippen LogP contribution in [-0.2, 0) is 9.53 Å². The summed E-state index contributed by atoms with van der Waals surface area (Å²) in [4.78, 5) is 13.1. The summed E-state index contributed by atoms with van der Waals surface area (Å²) in [5, 5.41) is -2.99. The zero-order valence-electron chi connectivity index (χ0n) is 19.2. The van der Waals surface area contributed by atoms with Gasteiger partial charge in [-0.25, -0.2) is 0 Å². The number of hydrogen-bond acceptors (Lipinski definition) is 3. The third kappa shape index (κ3) is 10.3. The second-order valence-electron chi connectivity index (χ2n) is 8.49. The van der Waals surface area contributed by atoms with Crippen molar-refractivity contribution >= 4 is 36.1 Å². The van der Waals surface area contributed by atoms with Crippen LogP contribution >= 0.6 is 11.8 Å². The molecule has 0 saturated carbocycles. The van der Waals surface area contributed by atoms with E-state index in [1.165, 1.54) is 20.4 Å². The molecule has 0 aliphatic heterocycles. The molecule has 0 spiro atoms. The molecule has 1 rings (SSSR count). The van der Waals surface area contributed by atoms with E-state index >= 15 is 0 Å². The Morgan fingerprint density at radius 2 is 1.50 bits per heavy atom. The number of benzene rings is 1. The predicted octanol–water partition coefficient (Wildman–Crippen LogP) is 8.40. The molecule has 0 heterocycles. The number of methoxy groups -OCH3 is 1. The molecule has 0 bridgehead atoms. The van der Waals surface area contributed by atoms with Crippen molar-refractivity contribution in [2.75, 3.05) is 7.11 Å². The molecule has 1 aromatic carbocycles. The minimum atomic E-state index is -2.99. The molecule has 0 amide bonds. The topological polar surface area (TPSA) is 26.3 Å². The molecule has 172 valence electrons. The van der Waals surface area contributed by atoms with Crippen molar-refractivity contribution in [2.24, 2.45) is 5.92 Å². The van der Waals surface area contributed by atoms with Crippen LogP contribution in [0.4, 0.5) is 8.78 Å². The second-order valence-corrected chi connectivity index (χ2v) is 23.8. The zero-order valence-corrected chi connectivity index (χ0v) is 22.9. The van der Waals surface area contributed by atoms with Gasteiger partial charge in [0, 0.05) is 0 Å². The summed E-state index contributed by atoms with van der Waals surface area (Å²) < 4.78 is 39.3. The molecule has 0 N–H and O–H groups in total. The van der Waals surface area contributed by atoms with Crippen LogP contribution < -0.4 is 0 Å². The first kappa shape index (κ1) is 27.7. The van der Waals surface area contributed by atoms with Crippen molar-refractivity contribution in [3.8, 4) is 0 Å². The van der Waals surface area contributed by atoms with Gasteiger partial charge in [0.2, 0.25) is 0 Å². The number of unbranched alkanes of at least 4 members (excludes halogenated alkanes) is 3. The average Bonchev–Trinajstić information content (AvgIpc) is 2.73. The molecular weight excluding hydrogens is 509 g/mol. The Kier molecular flexibility index (Phi) is 13.6. The van der Waals surface area contributed by atoms with E-state index in [9.17, 15) is 13.6 Å². The van der Waals surface area contributed by atoms with Gasteiger partial charge >= 0.3 is 191 Å². The zero-order chi connectivity index (χ0) is 22.5. The predicted molar refractivity (Wildman–Crippen MR) is 127 cm³/mol. The monoisotopic (exact) mass is 550 g/mol. The van der Waals surface area contributed by atoms with Gasteiger partial charge in [-0.1, -0.05) is 0 Å². The van der Waals surface area contributed by atoms with Crippen molar-refractivity contribution in [1.82, 2.24) is 0 Å². The van der Waals surface area contributed by atoms with Crippen molar-refractivity contribution in [3.63, 3.8) is 0 Å². The van der Waals surface area contributed by atoms with E-state index < -0.39 is 41.9 Å². The van der Waals surface area contributed by atoms with Crippen molar-refractivity contribution in [3.05, 3.63) is 30.3 Å². The van der Waals surface area contributed by atoms with Crippen LogP contribution in [0.2, 0.25) is 17.7 Å².